The summed E-state index contributed by atoms with van der Waals surface area (Å²) in [6, 6.07) is 0. The zero-order valence-electron chi connectivity index (χ0n) is 12.3. The lowest BCUT2D eigenvalue weighted by atomic mass is 9.82. The zero-order chi connectivity index (χ0) is 13.5. The lowest BCUT2D eigenvalue weighted by Gasteiger charge is -2.34. The van der Waals surface area contributed by atoms with Gasteiger partial charge in [-0.1, -0.05) is 13.8 Å². The smallest absolute Gasteiger partial charge is 0.0570 e. The predicted octanol–water partition coefficient (Wildman–Crippen LogP) is 2.86. The van der Waals surface area contributed by atoms with E-state index >= 15 is 0 Å². The molecule has 0 heterocycles. The Bertz CT molecular complexity index is 176. The molecule has 104 valence electrons. The molecule has 0 aromatic rings. The lowest BCUT2D eigenvalue weighted by Crippen LogP contribution is -2.39. The molecule has 0 aliphatic carbocycles. The van der Waals surface area contributed by atoms with Crippen LogP contribution in [0.2, 0.25) is 0 Å². The molecule has 0 unspecified atom stereocenters. The van der Waals surface area contributed by atoms with Gasteiger partial charge in [-0.15, -0.1) is 0 Å². The Morgan fingerprint density at radius 1 is 0.882 bits per heavy atom. The van der Waals surface area contributed by atoms with E-state index in [0.29, 0.717) is 19.1 Å². The second kappa shape index (κ2) is 8.06. The van der Waals surface area contributed by atoms with Gasteiger partial charge < -0.3 is 14.6 Å². The van der Waals surface area contributed by atoms with Crippen LogP contribution >= 0.6 is 0 Å². The largest absolute Gasteiger partial charge is 0.396 e. The minimum Gasteiger partial charge on any atom is -0.396 e. The molecule has 0 spiro atoms. The minimum atomic E-state index is -0.261. The van der Waals surface area contributed by atoms with Crippen LogP contribution in [0.3, 0.4) is 0 Å². The van der Waals surface area contributed by atoms with Crippen molar-refractivity contribution in [1.82, 2.24) is 0 Å². The summed E-state index contributed by atoms with van der Waals surface area (Å²) in [5.74, 6) is 0.522. The molecule has 0 bridgehead atoms. The number of rotatable bonds is 9. The van der Waals surface area contributed by atoms with E-state index in [0.717, 1.165) is 6.42 Å². The molecule has 0 saturated carbocycles. The van der Waals surface area contributed by atoms with Gasteiger partial charge in [0, 0.05) is 5.41 Å². The standard InChI is InChI=1S/C14H30O3/c1-11(2)7-14(8-15,9-16-12(3)4)10-17-13(5)6/h11-13,15H,7-10H2,1-6H3. The first kappa shape index (κ1) is 16.9. The summed E-state index contributed by atoms with van der Waals surface area (Å²) < 4.78 is 11.4. The van der Waals surface area contributed by atoms with Crippen LogP contribution in [-0.2, 0) is 9.47 Å². The third-order valence-electron chi connectivity index (χ3n) is 2.62. The number of aliphatic hydroxyl groups is 1. The average molecular weight is 246 g/mol. The number of aliphatic hydroxyl groups excluding tert-OH is 1. The maximum Gasteiger partial charge on any atom is 0.0570 e. The normalized spacial score (nSPS) is 13.1. The Morgan fingerprint density at radius 2 is 1.29 bits per heavy atom. The molecule has 0 atom stereocenters. The van der Waals surface area contributed by atoms with Gasteiger partial charge in [-0.3, -0.25) is 0 Å². The zero-order valence-corrected chi connectivity index (χ0v) is 12.3. The van der Waals surface area contributed by atoms with Gasteiger partial charge in [0.1, 0.15) is 0 Å². The predicted molar refractivity (Wildman–Crippen MR) is 71.1 cm³/mol. The molecule has 0 amide bonds. The second-order valence-electron chi connectivity index (χ2n) is 5.98. The van der Waals surface area contributed by atoms with Crippen molar-refractivity contribution in [3.63, 3.8) is 0 Å². The lowest BCUT2D eigenvalue weighted by molar-refractivity contribution is -0.0863. The molecule has 0 aromatic heterocycles. The highest BCUT2D eigenvalue weighted by Gasteiger charge is 2.32. The summed E-state index contributed by atoms with van der Waals surface area (Å²) in [5.41, 5.74) is -0.261. The summed E-state index contributed by atoms with van der Waals surface area (Å²) >= 11 is 0. The Labute approximate surface area is 107 Å². The van der Waals surface area contributed by atoms with E-state index in [9.17, 15) is 5.11 Å². The topological polar surface area (TPSA) is 38.7 Å². The van der Waals surface area contributed by atoms with Crippen molar-refractivity contribution in [1.29, 1.82) is 0 Å². The molecule has 17 heavy (non-hydrogen) atoms. The van der Waals surface area contributed by atoms with Crippen LogP contribution in [0.25, 0.3) is 0 Å². The van der Waals surface area contributed by atoms with Crippen molar-refractivity contribution in [2.75, 3.05) is 19.8 Å². The van der Waals surface area contributed by atoms with Gasteiger partial charge in [0.15, 0.2) is 0 Å². The minimum absolute atomic E-state index is 0.116. The maximum absolute atomic E-state index is 9.69. The molecule has 0 radical (unpaired) electrons. The summed E-state index contributed by atoms with van der Waals surface area (Å²) in [5, 5.41) is 9.69. The molecule has 3 nitrogen and oxygen atoms in total. The first-order valence-electron chi connectivity index (χ1n) is 6.65. The molecule has 0 aliphatic heterocycles. The highest BCUT2D eigenvalue weighted by Crippen LogP contribution is 2.28. The Morgan fingerprint density at radius 3 is 1.53 bits per heavy atom. The SMILES string of the molecule is CC(C)CC(CO)(COC(C)C)COC(C)C. The van der Waals surface area contributed by atoms with Crippen LogP contribution in [0.5, 0.6) is 0 Å². The van der Waals surface area contributed by atoms with Gasteiger partial charge in [-0.25, -0.2) is 0 Å². The van der Waals surface area contributed by atoms with Gasteiger partial charge in [0.25, 0.3) is 0 Å². The third-order valence-corrected chi connectivity index (χ3v) is 2.62. The fourth-order valence-corrected chi connectivity index (χ4v) is 1.87. The van der Waals surface area contributed by atoms with Crippen LogP contribution in [0.1, 0.15) is 48.0 Å². The van der Waals surface area contributed by atoms with E-state index in [-0.39, 0.29) is 24.2 Å². The van der Waals surface area contributed by atoms with Gasteiger partial charge >= 0.3 is 0 Å². The second-order valence-corrected chi connectivity index (χ2v) is 5.98. The molecule has 0 aromatic carbocycles. The van der Waals surface area contributed by atoms with Crippen LogP contribution in [-0.4, -0.2) is 37.1 Å². The molecular formula is C14H30O3. The molecule has 0 saturated heterocycles. The molecule has 1 N–H and O–H groups in total. The van der Waals surface area contributed by atoms with Crippen LogP contribution in [0.4, 0.5) is 0 Å². The van der Waals surface area contributed by atoms with Crippen molar-refractivity contribution < 1.29 is 14.6 Å². The third kappa shape index (κ3) is 7.74. The highest BCUT2D eigenvalue weighted by atomic mass is 16.5. The van der Waals surface area contributed by atoms with Crippen molar-refractivity contribution in [2.45, 2.75) is 60.2 Å². The number of hydrogen-bond acceptors (Lipinski definition) is 3. The van der Waals surface area contributed by atoms with Crippen molar-refractivity contribution in [3.8, 4) is 0 Å². The molecule has 0 aliphatic rings. The van der Waals surface area contributed by atoms with Crippen LogP contribution in [0, 0.1) is 11.3 Å². The van der Waals surface area contributed by atoms with E-state index in [1.54, 1.807) is 0 Å². The first-order valence-corrected chi connectivity index (χ1v) is 6.65. The highest BCUT2D eigenvalue weighted by molar-refractivity contribution is 4.80. The van der Waals surface area contributed by atoms with Crippen LogP contribution < -0.4 is 0 Å². The Kier molecular flexibility index (Phi) is 8.01. The molecule has 0 fully saturated rings. The van der Waals surface area contributed by atoms with Gasteiger partial charge in [0.2, 0.25) is 0 Å². The number of ether oxygens (including phenoxy) is 2. The Hall–Kier alpha value is -0.120. The summed E-state index contributed by atoms with van der Waals surface area (Å²) in [6.07, 6.45) is 1.29. The average Bonchev–Trinajstić information content (AvgIpc) is 2.21. The van der Waals surface area contributed by atoms with Crippen molar-refractivity contribution in [3.05, 3.63) is 0 Å². The van der Waals surface area contributed by atoms with E-state index in [2.05, 4.69) is 13.8 Å². The number of hydrogen-bond donors (Lipinski definition) is 1. The first-order chi connectivity index (χ1) is 7.81. The van der Waals surface area contributed by atoms with Gasteiger partial charge in [-0.2, -0.15) is 0 Å². The van der Waals surface area contributed by atoms with Gasteiger partial charge in [-0.05, 0) is 40.0 Å². The molecule has 0 rings (SSSR count). The van der Waals surface area contributed by atoms with E-state index in [1.807, 2.05) is 27.7 Å². The quantitative estimate of drug-likeness (QED) is 0.680. The fourth-order valence-electron chi connectivity index (χ4n) is 1.87. The van der Waals surface area contributed by atoms with E-state index in [1.165, 1.54) is 0 Å². The summed E-state index contributed by atoms with van der Waals surface area (Å²) in [6.45, 7) is 13.6. The fraction of sp³-hybridized carbons (Fsp3) is 1.00. The Balaban J connectivity index is 4.50. The van der Waals surface area contributed by atoms with Crippen molar-refractivity contribution >= 4 is 0 Å². The molecule has 3 heteroatoms. The monoisotopic (exact) mass is 246 g/mol. The summed E-state index contributed by atoms with van der Waals surface area (Å²) in [4.78, 5) is 0. The van der Waals surface area contributed by atoms with E-state index in [4.69, 9.17) is 9.47 Å². The van der Waals surface area contributed by atoms with Crippen LogP contribution in [0.15, 0.2) is 0 Å². The maximum atomic E-state index is 9.69. The summed E-state index contributed by atoms with van der Waals surface area (Å²) in [7, 11) is 0. The van der Waals surface area contributed by atoms with E-state index < -0.39 is 0 Å². The van der Waals surface area contributed by atoms with Crippen molar-refractivity contribution in [2.24, 2.45) is 11.3 Å². The van der Waals surface area contributed by atoms with Gasteiger partial charge in [0.05, 0.1) is 32.0 Å². The molecular weight excluding hydrogens is 216 g/mol.